The van der Waals surface area contributed by atoms with E-state index >= 15 is 0 Å². The Labute approximate surface area is 105 Å². The minimum absolute atomic E-state index is 0.385. The maximum atomic E-state index is 13.1. The first-order chi connectivity index (χ1) is 8.70. The molecule has 0 aliphatic carbocycles. The van der Waals surface area contributed by atoms with E-state index in [2.05, 4.69) is 4.98 Å². The van der Waals surface area contributed by atoms with Crippen molar-refractivity contribution < 1.29 is 9.13 Å². The fourth-order valence-corrected chi connectivity index (χ4v) is 1.76. The second kappa shape index (κ2) is 5.60. The van der Waals surface area contributed by atoms with Crippen molar-refractivity contribution >= 4 is 0 Å². The molecule has 0 amide bonds. The summed E-state index contributed by atoms with van der Waals surface area (Å²) in [6, 6.07) is 8.46. The third-order valence-corrected chi connectivity index (χ3v) is 2.61. The minimum atomic E-state index is -0.409. The molecule has 0 fully saturated rings. The zero-order valence-corrected chi connectivity index (χ0v) is 10.1. The van der Waals surface area contributed by atoms with Crippen LogP contribution >= 0.6 is 0 Å². The number of benzene rings is 1. The maximum absolute atomic E-state index is 13.1. The molecule has 0 saturated carbocycles. The number of aromatic nitrogens is 1. The number of hydrogen-bond acceptors (Lipinski definition) is 3. The lowest BCUT2D eigenvalue weighted by molar-refractivity contribution is 0.340. The third-order valence-electron chi connectivity index (χ3n) is 2.61. The number of rotatable bonds is 4. The predicted molar refractivity (Wildman–Crippen MR) is 67.8 cm³/mol. The van der Waals surface area contributed by atoms with E-state index in [1.54, 1.807) is 6.20 Å². The van der Waals surface area contributed by atoms with Gasteiger partial charge in [-0.25, -0.2) is 4.39 Å². The molecule has 3 nitrogen and oxygen atoms in total. The van der Waals surface area contributed by atoms with Gasteiger partial charge in [-0.1, -0.05) is 12.1 Å². The summed E-state index contributed by atoms with van der Waals surface area (Å²) >= 11 is 0. The molecule has 2 rings (SSSR count). The summed E-state index contributed by atoms with van der Waals surface area (Å²) in [5, 5.41) is 0. The Morgan fingerprint density at radius 2 is 2.11 bits per heavy atom. The van der Waals surface area contributed by atoms with Crippen LogP contribution in [0.25, 0.3) is 0 Å². The highest BCUT2D eigenvalue weighted by molar-refractivity contribution is 5.35. The maximum Gasteiger partial charge on any atom is 0.141 e. The summed E-state index contributed by atoms with van der Waals surface area (Å²) in [7, 11) is 0. The van der Waals surface area contributed by atoms with Crippen molar-refractivity contribution in [2.24, 2.45) is 5.73 Å². The zero-order chi connectivity index (χ0) is 13.0. The van der Waals surface area contributed by atoms with Crippen LogP contribution in [0.3, 0.4) is 0 Å². The second-order valence-corrected chi connectivity index (χ2v) is 3.92. The fourth-order valence-electron chi connectivity index (χ4n) is 1.76. The van der Waals surface area contributed by atoms with Crippen LogP contribution in [0.5, 0.6) is 5.75 Å². The number of halogens is 1. The van der Waals surface area contributed by atoms with Gasteiger partial charge in [-0.15, -0.1) is 0 Å². The monoisotopic (exact) mass is 246 g/mol. The van der Waals surface area contributed by atoms with E-state index in [1.165, 1.54) is 6.07 Å². The molecule has 1 aromatic heterocycles. The normalized spacial score (nSPS) is 12.2. The highest BCUT2D eigenvalue weighted by atomic mass is 19.1. The van der Waals surface area contributed by atoms with E-state index in [1.807, 2.05) is 31.2 Å². The molecule has 0 aliphatic rings. The van der Waals surface area contributed by atoms with Gasteiger partial charge in [0, 0.05) is 6.20 Å². The average Bonchev–Trinajstić information content (AvgIpc) is 2.39. The Hall–Kier alpha value is -1.94. The lowest BCUT2D eigenvalue weighted by Gasteiger charge is -2.13. The number of ether oxygens (including phenoxy) is 1. The molecular formula is C14H15FN2O. The molecule has 2 N–H and O–H groups in total. The van der Waals surface area contributed by atoms with Crippen LogP contribution in [0.2, 0.25) is 0 Å². The van der Waals surface area contributed by atoms with Crippen LogP contribution in [0.15, 0.2) is 42.7 Å². The molecule has 4 heteroatoms. The standard InChI is InChI=1S/C14H15FN2O/c1-2-18-13-5-3-4-10(7-13)14(16)11-6-12(15)9-17-8-11/h3-9,14H,2,16H2,1H3. The highest BCUT2D eigenvalue weighted by Gasteiger charge is 2.10. The molecule has 0 aliphatic heterocycles. The van der Waals surface area contributed by atoms with Crippen LogP contribution in [0.1, 0.15) is 24.1 Å². The molecular weight excluding hydrogens is 231 g/mol. The molecule has 18 heavy (non-hydrogen) atoms. The van der Waals surface area contributed by atoms with Crippen molar-refractivity contribution in [2.75, 3.05) is 6.61 Å². The van der Waals surface area contributed by atoms with Gasteiger partial charge in [-0.05, 0) is 36.2 Å². The molecule has 1 aromatic carbocycles. The number of nitrogens with zero attached hydrogens (tertiary/aromatic N) is 1. The minimum Gasteiger partial charge on any atom is -0.494 e. The van der Waals surface area contributed by atoms with Crippen molar-refractivity contribution in [3.63, 3.8) is 0 Å². The average molecular weight is 246 g/mol. The number of nitrogens with two attached hydrogens (primary N) is 1. The van der Waals surface area contributed by atoms with Gasteiger partial charge in [-0.2, -0.15) is 0 Å². The topological polar surface area (TPSA) is 48.1 Å². The van der Waals surface area contributed by atoms with Gasteiger partial charge >= 0.3 is 0 Å². The van der Waals surface area contributed by atoms with E-state index in [4.69, 9.17) is 10.5 Å². The molecule has 94 valence electrons. The summed E-state index contributed by atoms with van der Waals surface area (Å²) < 4.78 is 18.5. The Morgan fingerprint density at radius 1 is 1.28 bits per heavy atom. The van der Waals surface area contributed by atoms with Gasteiger partial charge in [0.15, 0.2) is 0 Å². The fraction of sp³-hybridized carbons (Fsp3) is 0.214. The second-order valence-electron chi connectivity index (χ2n) is 3.92. The molecule has 1 unspecified atom stereocenters. The van der Waals surface area contributed by atoms with Crippen LogP contribution in [0.4, 0.5) is 4.39 Å². The lowest BCUT2D eigenvalue weighted by Crippen LogP contribution is -2.12. The summed E-state index contributed by atoms with van der Waals surface area (Å²) in [5.74, 6) is 0.374. The van der Waals surface area contributed by atoms with Crippen molar-refractivity contribution in [3.05, 3.63) is 59.7 Å². The van der Waals surface area contributed by atoms with Gasteiger partial charge in [0.1, 0.15) is 11.6 Å². The zero-order valence-electron chi connectivity index (χ0n) is 10.1. The predicted octanol–water partition coefficient (Wildman–Crippen LogP) is 2.67. The van der Waals surface area contributed by atoms with Crippen molar-refractivity contribution in [2.45, 2.75) is 13.0 Å². The van der Waals surface area contributed by atoms with Gasteiger partial charge < -0.3 is 10.5 Å². The van der Waals surface area contributed by atoms with E-state index < -0.39 is 6.04 Å². The van der Waals surface area contributed by atoms with Gasteiger partial charge in [-0.3, -0.25) is 4.98 Å². The largest absolute Gasteiger partial charge is 0.494 e. The molecule has 0 spiro atoms. The Bertz CT molecular complexity index is 531. The summed E-state index contributed by atoms with van der Waals surface area (Å²) in [4.78, 5) is 3.80. The quantitative estimate of drug-likeness (QED) is 0.902. The molecule has 0 bridgehead atoms. The Balaban J connectivity index is 2.27. The van der Waals surface area contributed by atoms with Crippen LogP contribution in [-0.2, 0) is 0 Å². The van der Waals surface area contributed by atoms with E-state index in [-0.39, 0.29) is 5.82 Å². The van der Waals surface area contributed by atoms with E-state index in [9.17, 15) is 4.39 Å². The highest BCUT2D eigenvalue weighted by Crippen LogP contribution is 2.23. The molecule has 0 radical (unpaired) electrons. The first-order valence-corrected chi connectivity index (χ1v) is 5.79. The summed E-state index contributed by atoms with van der Waals surface area (Å²) in [5.41, 5.74) is 7.60. The van der Waals surface area contributed by atoms with E-state index in [0.717, 1.165) is 17.5 Å². The Morgan fingerprint density at radius 3 is 2.83 bits per heavy atom. The van der Waals surface area contributed by atoms with Gasteiger partial charge in [0.25, 0.3) is 0 Å². The lowest BCUT2D eigenvalue weighted by atomic mass is 10.0. The van der Waals surface area contributed by atoms with Crippen LogP contribution < -0.4 is 10.5 Å². The van der Waals surface area contributed by atoms with Crippen molar-refractivity contribution in [3.8, 4) is 5.75 Å². The van der Waals surface area contributed by atoms with Crippen LogP contribution in [-0.4, -0.2) is 11.6 Å². The number of pyridine rings is 1. The molecule has 0 saturated heterocycles. The third kappa shape index (κ3) is 2.84. The molecule has 1 atom stereocenters. The summed E-state index contributed by atoms with van der Waals surface area (Å²) in [6.07, 6.45) is 2.73. The SMILES string of the molecule is CCOc1cccc(C(N)c2cncc(F)c2)c1. The number of hydrogen-bond donors (Lipinski definition) is 1. The smallest absolute Gasteiger partial charge is 0.141 e. The summed E-state index contributed by atoms with van der Waals surface area (Å²) in [6.45, 7) is 2.52. The molecule has 2 aromatic rings. The van der Waals surface area contributed by atoms with Crippen molar-refractivity contribution in [1.82, 2.24) is 4.98 Å². The molecule has 1 heterocycles. The van der Waals surface area contributed by atoms with Gasteiger partial charge in [0.05, 0.1) is 18.8 Å². The van der Waals surface area contributed by atoms with Crippen LogP contribution in [0, 0.1) is 5.82 Å². The first-order valence-electron chi connectivity index (χ1n) is 5.79. The Kier molecular flexibility index (Phi) is 3.89. The van der Waals surface area contributed by atoms with E-state index in [0.29, 0.717) is 12.2 Å². The first kappa shape index (κ1) is 12.5. The van der Waals surface area contributed by atoms with Crippen molar-refractivity contribution in [1.29, 1.82) is 0 Å². The van der Waals surface area contributed by atoms with Gasteiger partial charge in [0.2, 0.25) is 0 Å².